The van der Waals surface area contributed by atoms with E-state index in [1.165, 1.54) is 43.3 Å². The molecule has 24 heavy (non-hydrogen) atoms. The molecule has 0 aromatic heterocycles. The third-order valence-electron chi connectivity index (χ3n) is 4.04. The number of hydrogen-bond acceptors (Lipinski definition) is 2. The monoisotopic (exact) mass is 339 g/mol. The van der Waals surface area contributed by atoms with Crippen LogP contribution in [0.4, 0.5) is 4.79 Å². The Kier molecular flexibility index (Phi) is 10.3. The predicted molar refractivity (Wildman–Crippen MR) is 104 cm³/mol. The van der Waals surface area contributed by atoms with Gasteiger partial charge in [0, 0.05) is 6.54 Å². The van der Waals surface area contributed by atoms with Gasteiger partial charge in [-0.15, -0.1) is 0 Å². The molecule has 1 N–H and O–H groups in total. The summed E-state index contributed by atoms with van der Waals surface area (Å²) in [6, 6.07) is 0. The fourth-order valence-electron chi connectivity index (χ4n) is 2.86. The van der Waals surface area contributed by atoms with E-state index in [-0.39, 0.29) is 11.5 Å². The number of hydrogen-bond donors (Lipinski definition) is 1. The molecule has 0 bridgehead atoms. The van der Waals surface area contributed by atoms with Gasteiger partial charge in [-0.25, -0.2) is 4.79 Å². The summed E-state index contributed by atoms with van der Waals surface area (Å²) in [6.07, 6.45) is 7.91. The van der Waals surface area contributed by atoms with E-state index in [1.807, 2.05) is 20.8 Å². The van der Waals surface area contributed by atoms with Crippen molar-refractivity contribution in [2.45, 2.75) is 106 Å². The molecule has 142 valence electrons. The third-order valence-corrected chi connectivity index (χ3v) is 4.04. The van der Waals surface area contributed by atoms with Gasteiger partial charge in [0.25, 0.3) is 0 Å². The first-order valence-corrected chi connectivity index (χ1v) is 9.69. The number of alkyl carbamates (subject to hydrolysis) is 1. The molecular weight excluding hydrogens is 298 g/mol. The number of rotatable bonds is 9. The smallest absolute Gasteiger partial charge is 0.407 e. The zero-order valence-corrected chi connectivity index (χ0v) is 17.5. The first-order valence-electron chi connectivity index (χ1n) is 9.69. The minimum atomic E-state index is -0.453. The fraction of sp³-hybridized carbons (Fsp3) is 0.857. The van der Waals surface area contributed by atoms with Crippen molar-refractivity contribution in [1.82, 2.24) is 5.32 Å². The number of allylic oxidation sites excluding steroid dienone is 1. The summed E-state index contributed by atoms with van der Waals surface area (Å²) in [6.45, 7) is 17.6. The Balaban J connectivity index is 5.15. The zero-order chi connectivity index (χ0) is 18.8. The van der Waals surface area contributed by atoms with Crippen LogP contribution in [0.3, 0.4) is 0 Å². The van der Waals surface area contributed by atoms with Crippen molar-refractivity contribution in [3.8, 4) is 0 Å². The van der Waals surface area contributed by atoms with Crippen molar-refractivity contribution < 1.29 is 9.53 Å². The van der Waals surface area contributed by atoms with Gasteiger partial charge in [-0.1, -0.05) is 65.0 Å². The van der Waals surface area contributed by atoms with Crippen molar-refractivity contribution in [1.29, 1.82) is 0 Å². The maximum Gasteiger partial charge on any atom is 0.407 e. The lowest BCUT2D eigenvalue weighted by atomic mass is 9.79. The molecule has 0 unspecified atom stereocenters. The Labute approximate surface area is 150 Å². The normalized spacial score (nSPS) is 13.5. The van der Waals surface area contributed by atoms with Crippen LogP contribution in [0.25, 0.3) is 0 Å². The van der Waals surface area contributed by atoms with Crippen molar-refractivity contribution >= 4 is 6.09 Å². The minimum Gasteiger partial charge on any atom is -0.444 e. The molecule has 0 saturated heterocycles. The number of carbonyl (C=O) groups excluding carboxylic acids is 1. The SMILES string of the molecule is CCCCC/C(CNC(=O)OC(C)(C)C)=C(\CCCC)C(C)(C)C. The zero-order valence-electron chi connectivity index (χ0n) is 17.5. The van der Waals surface area contributed by atoms with Gasteiger partial charge in [0.2, 0.25) is 0 Å². The van der Waals surface area contributed by atoms with Gasteiger partial charge in [-0.3, -0.25) is 0 Å². The van der Waals surface area contributed by atoms with Gasteiger partial charge >= 0.3 is 6.09 Å². The van der Waals surface area contributed by atoms with Gasteiger partial charge in [-0.2, -0.15) is 0 Å². The molecule has 0 aliphatic rings. The second-order valence-corrected chi connectivity index (χ2v) is 8.75. The summed E-state index contributed by atoms with van der Waals surface area (Å²) >= 11 is 0. The van der Waals surface area contributed by atoms with E-state index in [2.05, 4.69) is 39.9 Å². The van der Waals surface area contributed by atoms with E-state index in [4.69, 9.17) is 4.74 Å². The van der Waals surface area contributed by atoms with Crippen molar-refractivity contribution in [3.63, 3.8) is 0 Å². The number of nitrogens with one attached hydrogen (secondary N) is 1. The second kappa shape index (κ2) is 10.8. The van der Waals surface area contributed by atoms with Crippen LogP contribution in [0.5, 0.6) is 0 Å². The van der Waals surface area contributed by atoms with Crippen molar-refractivity contribution in [2.75, 3.05) is 6.54 Å². The average Bonchev–Trinajstić information content (AvgIpc) is 2.41. The molecule has 0 aromatic carbocycles. The molecule has 0 aliphatic carbocycles. The molecule has 0 radical (unpaired) electrons. The molecule has 0 aliphatic heterocycles. The Morgan fingerprint density at radius 2 is 1.46 bits per heavy atom. The maximum absolute atomic E-state index is 12.0. The average molecular weight is 340 g/mol. The van der Waals surface area contributed by atoms with Crippen molar-refractivity contribution in [3.05, 3.63) is 11.1 Å². The largest absolute Gasteiger partial charge is 0.444 e. The van der Waals surface area contributed by atoms with E-state index >= 15 is 0 Å². The lowest BCUT2D eigenvalue weighted by Crippen LogP contribution is -2.34. The molecular formula is C21H41NO2. The molecule has 0 atom stereocenters. The maximum atomic E-state index is 12.0. The van der Waals surface area contributed by atoms with E-state index in [1.54, 1.807) is 0 Å². The highest BCUT2D eigenvalue weighted by molar-refractivity contribution is 5.68. The summed E-state index contributed by atoms with van der Waals surface area (Å²) in [5.74, 6) is 0. The number of carbonyl (C=O) groups is 1. The summed E-state index contributed by atoms with van der Waals surface area (Å²) < 4.78 is 5.39. The van der Waals surface area contributed by atoms with E-state index in [9.17, 15) is 4.79 Å². The molecule has 0 spiro atoms. The first-order chi connectivity index (χ1) is 11.0. The Morgan fingerprint density at radius 3 is 1.92 bits per heavy atom. The van der Waals surface area contributed by atoms with Crippen LogP contribution >= 0.6 is 0 Å². The van der Waals surface area contributed by atoms with Gasteiger partial charge < -0.3 is 10.1 Å². The van der Waals surface area contributed by atoms with Crippen LogP contribution in [-0.2, 0) is 4.74 Å². The van der Waals surface area contributed by atoms with Crippen LogP contribution in [-0.4, -0.2) is 18.2 Å². The lowest BCUT2D eigenvalue weighted by Gasteiger charge is -2.28. The summed E-state index contributed by atoms with van der Waals surface area (Å²) in [5, 5.41) is 2.98. The fourth-order valence-corrected chi connectivity index (χ4v) is 2.86. The van der Waals surface area contributed by atoms with Crippen molar-refractivity contribution in [2.24, 2.45) is 5.41 Å². The van der Waals surface area contributed by atoms with Crippen LogP contribution in [0.15, 0.2) is 11.1 Å². The van der Waals surface area contributed by atoms with E-state index in [0.717, 1.165) is 12.8 Å². The summed E-state index contributed by atoms with van der Waals surface area (Å²) in [4.78, 5) is 12.0. The molecule has 0 aromatic rings. The molecule has 0 saturated carbocycles. The van der Waals surface area contributed by atoms with Gasteiger partial charge in [0.1, 0.15) is 5.60 Å². The molecule has 0 fully saturated rings. The lowest BCUT2D eigenvalue weighted by molar-refractivity contribution is 0.0532. The van der Waals surface area contributed by atoms with E-state index in [0.29, 0.717) is 6.54 Å². The van der Waals surface area contributed by atoms with Gasteiger partial charge in [0.15, 0.2) is 0 Å². The number of unbranched alkanes of at least 4 members (excludes halogenated alkanes) is 3. The van der Waals surface area contributed by atoms with Crippen LogP contribution in [0.2, 0.25) is 0 Å². The topological polar surface area (TPSA) is 38.3 Å². The Bertz CT molecular complexity index is 397. The Hall–Kier alpha value is -0.990. The molecule has 1 amide bonds. The van der Waals surface area contributed by atoms with Gasteiger partial charge in [-0.05, 0) is 51.9 Å². The predicted octanol–water partition coefficient (Wildman–Crippen LogP) is 6.62. The standard InChI is InChI=1S/C21H41NO2/c1-9-11-13-14-17(16-22-19(23)24-21(6,7)8)18(15-12-10-2)20(3,4)5/h9-16H2,1-8H3,(H,22,23)/b18-17-. The van der Waals surface area contributed by atoms with Crippen LogP contribution < -0.4 is 5.32 Å². The minimum absolute atomic E-state index is 0.145. The van der Waals surface area contributed by atoms with Crippen LogP contribution in [0.1, 0.15) is 100 Å². The number of ether oxygens (including phenoxy) is 1. The van der Waals surface area contributed by atoms with E-state index < -0.39 is 5.60 Å². The molecule has 0 heterocycles. The quantitative estimate of drug-likeness (QED) is 0.378. The third kappa shape index (κ3) is 10.7. The highest BCUT2D eigenvalue weighted by Crippen LogP contribution is 2.34. The Morgan fingerprint density at radius 1 is 0.875 bits per heavy atom. The summed E-state index contributed by atoms with van der Waals surface area (Å²) in [5.41, 5.74) is 2.60. The first kappa shape index (κ1) is 23.0. The highest BCUT2D eigenvalue weighted by atomic mass is 16.6. The van der Waals surface area contributed by atoms with Gasteiger partial charge in [0.05, 0.1) is 0 Å². The number of amides is 1. The molecule has 3 heteroatoms. The molecule has 3 nitrogen and oxygen atoms in total. The highest BCUT2D eigenvalue weighted by Gasteiger charge is 2.22. The second-order valence-electron chi connectivity index (χ2n) is 8.75. The summed E-state index contributed by atoms with van der Waals surface area (Å²) in [7, 11) is 0. The van der Waals surface area contributed by atoms with Crippen LogP contribution in [0, 0.1) is 5.41 Å². The molecule has 0 rings (SSSR count).